The molecule has 86 valence electrons. The summed E-state index contributed by atoms with van der Waals surface area (Å²) < 4.78 is 0. The topological polar surface area (TPSA) is 98.0 Å². The maximum Gasteiger partial charge on any atom is 0.314 e. The van der Waals surface area contributed by atoms with E-state index in [0.29, 0.717) is 5.56 Å². The second-order valence-corrected chi connectivity index (χ2v) is 4.15. The number of carboxylic acids is 1. The Morgan fingerprint density at radius 3 is 2.31 bits per heavy atom. The quantitative estimate of drug-likeness (QED) is 0.551. The van der Waals surface area contributed by atoms with Crippen LogP contribution in [-0.4, -0.2) is 32.5 Å². The Balaban J connectivity index is 2.41. The number of aromatic hydroxyl groups is 2. The van der Waals surface area contributed by atoms with Crippen LogP contribution in [0.5, 0.6) is 11.5 Å². The van der Waals surface area contributed by atoms with Gasteiger partial charge in [0.05, 0.1) is 11.5 Å². The number of benzene rings is 1. The standard InChI is InChI=1S/C11H12O5/c12-7-4-11(5-7,10(15)16)6-1-2-8(13)9(14)3-6/h1-3,7,12-14H,4-5H2,(H,15,16). The zero-order valence-corrected chi connectivity index (χ0v) is 8.42. The highest BCUT2D eigenvalue weighted by atomic mass is 16.4. The summed E-state index contributed by atoms with van der Waals surface area (Å²) in [4.78, 5) is 11.2. The third-order valence-corrected chi connectivity index (χ3v) is 3.11. The van der Waals surface area contributed by atoms with Gasteiger partial charge in [0.1, 0.15) is 0 Å². The molecular weight excluding hydrogens is 212 g/mol. The molecule has 1 aliphatic rings. The first-order valence-electron chi connectivity index (χ1n) is 4.89. The van der Waals surface area contributed by atoms with Gasteiger partial charge in [-0.05, 0) is 30.5 Å². The van der Waals surface area contributed by atoms with Gasteiger partial charge in [-0.3, -0.25) is 4.79 Å². The summed E-state index contributed by atoms with van der Waals surface area (Å²) in [6, 6.07) is 3.93. The minimum absolute atomic E-state index is 0.131. The smallest absolute Gasteiger partial charge is 0.314 e. The van der Waals surface area contributed by atoms with Crippen LogP contribution in [0.4, 0.5) is 0 Å². The van der Waals surface area contributed by atoms with Crippen LogP contribution < -0.4 is 0 Å². The van der Waals surface area contributed by atoms with E-state index in [4.69, 9.17) is 10.2 Å². The maximum absolute atomic E-state index is 11.2. The van der Waals surface area contributed by atoms with Crippen molar-refractivity contribution in [2.24, 2.45) is 0 Å². The predicted molar refractivity (Wildman–Crippen MR) is 54.3 cm³/mol. The van der Waals surface area contributed by atoms with E-state index < -0.39 is 17.5 Å². The van der Waals surface area contributed by atoms with Gasteiger partial charge in [-0.25, -0.2) is 0 Å². The van der Waals surface area contributed by atoms with Crippen LogP contribution in [0.1, 0.15) is 18.4 Å². The molecule has 0 amide bonds. The molecule has 1 aromatic carbocycles. The van der Waals surface area contributed by atoms with Crippen molar-refractivity contribution in [3.63, 3.8) is 0 Å². The first-order valence-corrected chi connectivity index (χ1v) is 4.89. The van der Waals surface area contributed by atoms with E-state index in [1.165, 1.54) is 18.2 Å². The minimum Gasteiger partial charge on any atom is -0.504 e. The summed E-state index contributed by atoms with van der Waals surface area (Å²) >= 11 is 0. The SMILES string of the molecule is O=C(O)C1(c2ccc(O)c(O)c2)CC(O)C1. The average Bonchev–Trinajstić information content (AvgIpc) is 2.17. The third kappa shape index (κ3) is 1.40. The van der Waals surface area contributed by atoms with E-state index in [-0.39, 0.29) is 24.3 Å². The van der Waals surface area contributed by atoms with Crippen LogP contribution in [0, 0.1) is 0 Å². The highest BCUT2D eigenvalue weighted by molar-refractivity contribution is 5.83. The molecule has 1 aliphatic carbocycles. The number of aliphatic hydroxyl groups is 1. The van der Waals surface area contributed by atoms with Crippen molar-refractivity contribution in [3.05, 3.63) is 23.8 Å². The Bertz CT molecular complexity index is 434. The Morgan fingerprint density at radius 2 is 1.88 bits per heavy atom. The van der Waals surface area contributed by atoms with E-state index in [2.05, 4.69) is 0 Å². The lowest BCUT2D eigenvalue weighted by molar-refractivity contribution is -0.152. The predicted octanol–water partition coefficient (Wildman–Crippen LogP) is 0.575. The van der Waals surface area contributed by atoms with Gasteiger partial charge in [0.25, 0.3) is 0 Å². The van der Waals surface area contributed by atoms with Crippen molar-refractivity contribution >= 4 is 5.97 Å². The molecule has 0 aromatic heterocycles. The van der Waals surface area contributed by atoms with Gasteiger partial charge in [0.2, 0.25) is 0 Å². The van der Waals surface area contributed by atoms with Crippen LogP contribution in [0.25, 0.3) is 0 Å². The first-order chi connectivity index (χ1) is 7.45. The van der Waals surface area contributed by atoms with Crippen molar-refractivity contribution in [1.82, 2.24) is 0 Å². The molecule has 5 heteroatoms. The van der Waals surface area contributed by atoms with Gasteiger partial charge >= 0.3 is 5.97 Å². The second kappa shape index (κ2) is 3.38. The van der Waals surface area contributed by atoms with E-state index in [0.717, 1.165) is 0 Å². The van der Waals surface area contributed by atoms with Crippen LogP contribution in [-0.2, 0) is 10.2 Å². The summed E-state index contributed by atoms with van der Waals surface area (Å²) in [5.74, 6) is -1.66. The summed E-state index contributed by atoms with van der Waals surface area (Å²) in [7, 11) is 0. The highest BCUT2D eigenvalue weighted by Crippen LogP contribution is 2.45. The van der Waals surface area contributed by atoms with Gasteiger partial charge in [-0.1, -0.05) is 6.07 Å². The Morgan fingerprint density at radius 1 is 1.25 bits per heavy atom. The van der Waals surface area contributed by atoms with Crippen molar-refractivity contribution in [2.45, 2.75) is 24.4 Å². The van der Waals surface area contributed by atoms with Crippen LogP contribution in [0.2, 0.25) is 0 Å². The molecule has 0 aliphatic heterocycles. The highest BCUT2D eigenvalue weighted by Gasteiger charge is 2.51. The molecule has 0 heterocycles. The fourth-order valence-corrected chi connectivity index (χ4v) is 2.10. The fourth-order valence-electron chi connectivity index (χ4n) is 2.10. The number of aliphatic hydroxyl groups excluding tert-OH is 1. The molecule has 5 nitrogen and oxygen atoms in total. The zero-order valence-electron chi connectivity index (χ0n) is 8.42. The summed E-state index contributed by atoms with van der Waals surface area (Å²) in [6.45, 7) is 0. The number of rotatable bonds is 2. The molecule has 1 saturated carbocycles. The fraction of sp³-hybridized carbons (Fsp3) is 0.364. The normalized spacial score (nSPS) is 28.4. The van der Waals surface area contributed by atoms with Gasteiger partial charge in [0.15, 0.2) is 11.5 Å². The molecule has 1 aromatic rings. The lowest BCUT2D eigenvalue weighted by Crippen LogP contribution is -2.50. The average molecular weight is 224 g/mol. The number of hydrogen-bond donors (Lipinski definition) is 4. The minimum atomic E-state index is -1.13. The maximum atomic E-state index is 11.2. The number of phenols is 2. The molecule has 0 unspecified atom stereocenters. The second-order valence-electron chi connectivity index (χ2n) is 4.15. The summed E-state index contributed by atoms with van der Waals surface area (Å²) in [6.07, 6.45) is -0.355. The van der Waals surface area contributed by atoms with Crippen molar-refractivity contribution in [1.29, 1.82) is 0 Å². The van der Waals surface area contributed by atoms with Gasteiger partial charge < -0.3 is 20.4 Å². The lowest BCUT2D eigenvalue weighted by Gasteiger charge is -2.42. The van der Waals surface area contributed by atoms with E-state index in [9.17, 15) is 15.0 Å². The summed E-state index contributed by atoms with van der Waals surface area (Å²) in [5.41, 5.74) is -0.731. The van der Waals surface area contributed by atoms with Gasteiger partial charge in [-0.2, -0.15) is 0 Å². The van der Waals surface area contributed by atoms with Crippen molar-refractivity contribution in [3.8, 4) is 11.5 Å². The Kier molecular flexibility index (Phi) is 2.27. The molecule has 4 N–H and O–H groups in total. The van der Waals surface area contributed by atoms with Crippen molar-refractivity contribution in [2.75, 3.05) is 0 Å². The number of carbonyl (C=O) groups is 1. The van der Waals surface area contributed by atoms with E-state index >= 15 is 0 Å². The van der Waals surface area contributed by atoms with Crippen molar-refractivity contribution < 1.29 is 25.2 Å². The Labute approximate surface area is 91.6 Å². The number of aliphatic carboxylic acids is 1. The van der Waals surface area contributed by atoms with Crippen LogP contribution in [0.3, 0.4) is 0 Å². The molecule has 1 fully saturated rings. The summed E-state index contributed by atoms with van der Waals surface area (Å²) in [5, 5.41) is 36.9. The molecule has 16 heavy (non-hydrogen) atoms. The molecule has 0 atom stereocenters. The number of hydrogen-bond acceptors (Lipinski definition) is 4. The molecule has 0 radical (unpaired) electrons. The molecular formula is C11H12O5. The largest absolute Gasteiger partial charge is 0.504 e. The zero-order chi connectivity index (χ0) is 11.9. The first kappa shape index (κ1) is 10.8. The number of carboxylic acid groups (broad SMARTS) is 1. The third-order valence-electron chi connectivity index (χ3n) is 3.11. The Hall–Kier alpha value is -1.75. The molecule has 0 bridgehead atoms. The van der Waals surface area contributed by atoms with E-state index in [1.54, 1.807) is 0 Å². The molecule has 2 rings (SSSR count). The van der Waals surface area contributed by atoms with Gasteiger partial charge in [-0.15, -0.1) is 0 Å². The lowest BCUT2D eigenvalue weighted by atomic mass is 9.63. The number of phenolic OH excluding ortho intramolecular Hbond substituents is 2. The monoisotopic (exact) mass is 224 g/mol. The van der Waals surface area contributed by atoms with Crippen LogP contribution >= 0.6 is 0 Å². The molecule has 0 spiro atoms. The molecule has 0 saturated heterocycles. The van der Waals surface area contributed by atoms with E-state index in [1.807, 2.05) is 0 Å². The van der Waals surface area contributed by atoms with Gasteiger partial charge in [0, 0.05) is 0 Å². The van der Waals surface area contributed by atoms with Crippen LogP contribution in [0.15, 0.2) is 18.2 Å².